The average Bonchev–Trinajstić information content (AvgIpc) is 3.05. The number of carbonyl (C=O) groups is 1. The number of aryl methyl sites for hydroxylation is 2. The van der Waals surface area contributed by atoms with Gasteiger partial charge in [0.15, 0.2) is 0 Å². The summed E-state index contributed by atoms with van der Waals surface area (Å²) in [5.74, 6) is 0.406. The molecule has 2 aromatic carbocycles. The summed E-state index contributed by atoms with van der Waals surface area (Å²) in [6.07, 6.45) is 2.78. The second-order valence-electron chi connectivity index (χ2n) is 8.35. The van der Waals surface area contributed by atoms with Crippen LogP contribution in [-0.2, 0) is 13.0 Å². The minimum Gasteiger partial charge on any atom is -0.339 e. The Labute approximate surface area is 177 Å². The van der Waals surface area contributed by atoms with E-state index in [2.05, 4.69) is 11.2 Å². The average molecular weight is 406 g/mol. The quantitative estimate of drug-likeness (QED) is 0.613. The van der Waals surface area contributed by atoms with Gasteiger partial charge in [-0.1, -0.05) is 24.3 Å². The van der Waals surface area contributed by atoms with Crippen LogP contribution in [0.3, 0.4) is 0 Å². The standard InChI is InChI=1S/C25H28FN3O/c1-18-13-19(2)29(27-18)17-22-6-3-7-23(15-22)25(30)28-11-9-20(10-12-28)14-21-5-4-8-24(26)16-21/h3-8,13,15-16,20H,9-12,14,17H2,1-2H3. The summed E-state index contributed by atoms with van der Waals surface area (Å²) in [4.78, 5) is 15.0. The van der Waals surface area contributed by atoms with E-state index in [1.54, 1.807) is 12.1 Å². The van der Waals surface area contributed by atoms with E-state index < -0.39 is 0 Å². The minimum absolute atomic E-state index is 0.0921. The van der Waals surface area contributed by atoms with Gasteiger partial charge in [0, 0.05) is 24.3 Å². The molecule has 0 unspecified atom stereocenters. The maximum absolute atomic E-state index is 13.4. The first-order chi connectivity index (χ1) is 14.5. The van der Waals surface area contributed by atoms with Gasteiger partial charge < -0.3 is 4.90 Å². The first-order valence-corrected chi connectivity index (χ1v) is 10.6. The predicted octanol–water partition coefficient (Wildman–Crippen LogP) is 4.78. The van der Waals surface area contributed by atoms with Gasteiger partial charge in [-0.2, -0.15) is 5.10 Å². The fourth-order valence-electron chi connectivity index (χ4n) is 4.33. The van der Waals surface area contributed by atoms with Crippen molar-refractivity contribution in [2.75, 3.05) is 13.1 Å². The number of likely N-dealkylation sites (tertiary alicyclic amines) is 1. The summed E-state index contributed by atoms with van der Waals surface area (Å²) >= 11 is 0. The topological polar surface area (TPSA) is 38.1 Å². The van der Waals surface area contributed by atoms with Crippen molar-refractivity contribution in [3.63, 3.8) is 0 Å². The Morgan fingerprint density at radius 1 is 1.03 bits per heavy atom. The number of rotatable bonds is 5. The molecule has 0 spiro atoms. The Bertz CT molecular complexity index is 1030. The van der Waals surface area contributed by atoms with Gasteiger partial charge in [0.1, 0.15) is 5.82 Å². The van der Waals surface area contributed by atoms with Crippen LogP contribution in [0, 0.1) is 25.6 Å². The van der Waals surface area contributed by atoms with E-state index >= 15 is 0 Å². The van der Waals surface area contributed by atoms with Crippen LogP contribution < -0.4 is 0 Å². The second-order valence-corrected chi connectivity index (χ2v) is 8.35. The fraction of sp³-hybridized carbons (Fsp3) is 0.360. The first kappa shape index (κ1) is 20.3. The third-order valence-corrected chi connectivity index (χ3v) is 5.92. The maximum Gasteiger partial charge on any atom is 0.253 e. The molecule has 0 bridgehead atoms. The van der Waals surface area contributed by atoms with Gasteiger partial charge >= 0.3 is 0 Å². The zero-order chi connectivity index (χ0) is 21.1. The van der Waals surface area contributed by atoms with Crippen molar-refractivity contribution in [1.29, 1.82) is 0 Å². The molecule has 5 heteroatoms. The third-order valence-electron chi connectivity index (χ3n) is 5.92. The molecule has 0 N–H and O–H groups in total. The van der Waals surface area contributed by atoms with Crippen LogP contribution in [0.25, 0.3) is 0 Å². The molecule has 1 aliphatic heterocycles. The minimum atomic E-state index is -0.180. The van der Waals surface area contributed by atoms with Crippen LogP contribution in [-0.4, -0.2) is 33.7 Å². The van der Waals surface area contributed by atoms with Gasteiger partial charge in [-0.05, 0) is 80.5 Å². The van der Waals surface area contributed by atoms with Gasteiger partial charge in [0.05, 0.1) is 12.2 Å². The Kier molecular flexibility index (Phi) is 5.98. The Balaban J connectivity index is 1.36. The number of amides is 1. The van der Waals surface area contributed by atoms with E-state index in [1.807, 2.05) is 53.8 Å². The zero-order valence-electron chi connectivity index (χ0n) is 17.6. The molecule has 1 aliphatic rings. The van der Waals surface area contributed by atoms with Gasteiger partial charge in [-0.15, -0.1) is 0 Å². The molecule has 2 heterocycles. The SMILES string of the molecule is Cc1cc(C)n(Cc2cccc(C(=O)N3CCC(Cc4cccc(F)c4)CC3)c2)n1. The Morgan fingerprint density at radius 2 is 1.77 bits per heavy atom. The lowest BCUT2D eigenvalue weighted by Crippen LogP contribution is -2.39. The molecule has 30 heavy (non-hydrogen) atoms. The molecular weight excluding hydrogens is 377 g/mol. The Morgan fingerprint density at radius 3 is 2.47 bits per heavy atom. The van der Waals surface area contributed by atoms with Gasteiger partial charge in [-0.25, -0.2) is 4.39 Å². The van der Waals surface area contributed by atoms with Gasteiger partial charge in [0.25, 0.3) is 5.91 Å². The molecule has 156 valence electrons. The molecule has 1 aromatic heterocycles. The van der Waals surface area contributed by atoms with E-state index in [4.69, 9.17) is 0 Å². The van der Waals surface area contributed by atoms with Crippen molar-refractivity contribution < 1.29 is 9.18 Å². The van der Waals surface area contributed by atoms with Gasteiger partial charge in [0.2, 0.25) is 0 Å². The van der Waals surface area contributed by atoms with Crippen LogP contribution in [0.2, 0.25) is 0 Å². The molecule has 1 fully saturated rings. The van der Waals surface area contributed by atoms with E-state index in [0.717, 1.165) is 60.4 Å². The number of carbonyl (C=O) groups excluding carboxylic acids is 1. The van der Waals surface area contributed by atoms with Crippen LogP contribution in [0.15, 0.2) is 54.6 Å². The van der Waals surface area contributed by atoms with E-state index in [1.165, 1.54) is 6.07 Å². The number of piperidine rings is 1. The van der Waals surface area contributed by atoms with Gasteiger partial charge in [-0.3, -0.25) is 9.48 Å². The number of halogens is 1. The summed E-state index contributed by atoms with van der Waals surface area (Å²) < 4.78 is 15.4. The fourth-order valence-corrected chi connectivity index (χ4v) is 4.33. The summed E-state index contributed by atoms with van der Waals surface area (Å²) in [5.41, 5.74) is 4.97. The third kappa shape index (κ3) is 4.78. The smallest absolute Gasteiger partial charge is 0.253 e. The van der Waals surface area contributed by atoms with Crippen molar-refractivity contribution >= 4 is 5.91 Å². The maximum atomic E-state index is 13.4. The largest absolute Gasteiger partial charge is 0.339 e. The zero-order valence-corrected chi connectivity index (χ0v) is 17.6. The highest BCUT2D eigenvalue weighted by Gasteiger charge is 2.24. The molecule has 4 nitrogen and oxygen atoms in total. The van der Waals surface area contributed by atoms with Crippen LogP contribution in [0.5, 0.6) is 0 Å². The predicted molar refractivity (Wildman–Crippen MR) is 116 cm³/mol. The molecule has 1 saturated heterocycles. The molecule has 1 amide bonds. The lowest BCUT2D eigenvalue weighted by molar-refractivity contribution is 0.0690. The monoisotopic (exact) mass is 405 g/mol. The molecule has 3 aromatic rings. The molecule has 0 atom stereocenters. The number of aromatic nitrogens is 2. The summed E-state index contributed by atoms with van der Waals surface area (Å²) in [7, 11) is 0. The van der Waals surface area contributed by atoms with Crippen molar-refractivity contribution in [2.24, 2.45) is 5.92 Å². The van der Waals surface area contributed by atoms with Crippen molar-refractivity contribution in [3.8, 4) is 0 Å². The van der Waals surface area contributed by atoms with Crippen molar-refractivity contribution in [1.82, 2.24) is 14.7 Å². The number of hydrogen-bond acceptors (Lipinski definition) is 2. The lowest BCUT2D eigenvalue weighted by atomic mass is 9.90. The van der Waals surface area contributed by atoms with Crippen LogP contribution in [0.4, 0.5) is 4.39 Å². The summed E-state index contributed by atoms with van der Waals surface area (Å²) in [6.45, 7) is 6.20. The van der Waals surface area contributed by atoms with E-state index in [0.29, 0.717) is 12.5 Å². The number of nitrogens with zero attached hydrogens (tertiary/aromatic N) is 3. The van der Waals surface area contributed by atoms with Crippen LogP contribution >= 0.6 is 0 Å². The first-order valence-electron chi connectivity index (χ1n) is 10.6. The normalized spacial score (nSPS) is 14.8. The van der Waals surface area contributed by atoms with Crippen LogP contribution in [0.1, 0.15) is 45.7 Å². The highest BCUT2D eigenvalue weighted by atomic mass is 19.1. The molecule has 0 saturated carbocycles. The molecular formula is C25H28FN3O. The highest BCUT2D eigenvalue weighted by molar-refractivity contribution is 5.94. The second kappa shape index (κ2) is 8.82. The number of benzene rings is 2. The Hall–Kier alpha value is -2.95. The summed E-state index contributed by atoms with van der Waals surface area (Å²) in [6, 6.07) is 16.8. The molecule has 4 rings (SSSR count). The number of hydrogen-bond donors (Lipinski definition) is 0. The van der Waals surface area contributed by atoms with E-state index in [-0.39, 0.29) is 11.7 Å². The molecule has 0 radical (unpaired) electrons. The van der Waals surface area contributed by atoms with Crippen molar-refractivity contribution in [2.45, 2.75) is 39.7 Å². The lowest BCUT2D eigenvalue weighted by Gasteiger charge is -2.32. The molecule has 0 aliphatic carbocycles. The van der Waals surface area contributed by atoms with E-state index in [9.17, 15) is 9.18 Å². The summed E-state index contributed by atoms with van der Waals surface area (Å²) in [5, 5.41) is 4.52. The highest BCUT2D eigenvalue weighted by Crippen LogP contribution is 2.23. The van der Waals surface area contributed by atoms with Crippen molar-refractivity contribution in [3.05, 3.63) is 88.5 Å².